The van der Waals surface area contributed by atoms with Gasteiger partial charge in [-0.25, -0.2) is 4.79 Å². The Morgan fingerprint density at radius 1 is 0.556 bits per heavy atom. The van der Waals surface area contributed by atoms with Crippen LogP contribution in [0.2, 0.25) is 0 Å². The van der Waals surface area contributed by atoms with Crippen molar-refractivity contribution in [3.05, 3.63) is 35.4 Å². The van der Waals surface area contributed by atoms with Gasteiger partial charge < -0.3 is 61.5 Å². The molecule has 0 unspecified atom stereocenters. The number of aryl methyl sites for hydroxylation is 1. The minimum Gasteiger partial charge on any atom is -0.481 e. The van der Waals surface area contributed by atoms with Gasteiger partial charge >= 0.3 is 11.9 Å². The first-order valence-corrected chi connectivity index (χ1v) is 29.8. The number of nitrogens with one attached hydrogen (secondary N) is 6. The zero-order valence-corrected chi connectivity index (χ0v) is 48.6. The summed E-state index contributed by atoms with van der Waals surface area (Å²) in [5.41, 5.74) is 7.49. The van der Waals surface area contributed by atoms with Gasteiger partial charge in [0.05, 0.1) is 58.3 Å². The van der Waals surface area contributed by atoms with Crippen LogP contribution in [0.25, 0.3) is 0 Å². The standard InChI is InChI=1S/C59H99N7O15/c1-44-21-23-46(24-22-44)39-50(57(60)74)63-41-51(67)45(2)65-55(71)43-81-38-36-79-34-32-62-54(70)42-80-37-35-78-33-31-61-53(69)30-29-49(59(76)77)66-58(75)48-27-25-47(26-28-48)40-64-52(68)19-17-15-13-11-9-7-5-3-4-6-8-10-12-14-16-18-20-56(72)73/h21-24,45,47-50,63H,3-20,25-43H2,1-2H3,(H2,60,74)(H,61,69)(H,62,70)(H,64,68)(H,65,71)(H,66,75)(H,72,73)(H,76,77)/t45-,47-,48-,49-,50-/m0/s1. The van der Waals surface area contributed by atoms with Gasteiger partial charge in [0.2, 0.25) is 35.4 Å². The van der Waals surface area contributed by atoms with Crippen LogP contribution in [0.5, 0.6) is 0 Å². The van der Waals surface area contributed by atoms with Crippen LogP contribution in [0.4, 0.5) is 0 Å². The van der Waals surface area contributed by atoms with E-state index in [2.05, 4.69) is 31.9 Å². The highest BCUT2D eigenvalue weighted by molar-refractivity contribution is 5.91. The number of carbonyl (C=O) groups is 9. The number of ether oxygens (including phenoxy) is 4. The molecule has 0 heterocycles. The lowest BCUT2D eigenvalue weighted by Gasteiger charge is -2.28. The molecule has 1 aliphatic rings. The maximum Gasteiger partial charge on any atom is 0.326 e. The number of rotatable bonds is 51. The third-order valence-electron chi connectivity index (χ3n) is 14.3. The van der Waals surface area contributed by atoms with Crippen molar-refractivity contribution in [2.75, 3.05) is 79.0 Å². The van der Waals surface area contributed by atoms with Crippen molar-refractivity contribution in [1.82, 2.24) is 31.9 Å². The van der Waals surface area contributed by atoms with Gasteiger partial charge in [0, 0.05) is 44.8 Å². The summed E-state index contributed by atoms with van der Waals surface area (Å²) < 4.78 is 21.5. The lowest BCUT2D eigenvalue weighted by molar-refractivity contribution is -0.143. The number of Topliss-reactive ketones (excluding diaryl/α,β-unsaturated/α-hetero) is 1. The number of hydrogen-bond donors (Lipinski definition) is 9. The summed E-state index contributed by atoms with van der Waals surface area (Å²) in [4.78, 5) is 109. The largest absolute Gasteiger partial charge is 0.481 e. The van der Waals surface area contributed by atoms with Crippen LogP contribution in [0.1, 0.15) is 172 Å². The SMILES string of the molecule is Cc1ccc(C[C@H](NCC(=O)[C@H](C)NC(=O)COCCOCCNC(=O)COCCOCCNC(=O)CC[C@H](NC(=O)[C@H]2CC[C@H](CNC(=O)CCCCCCCCCCCCCCCCCCC(=O)O)CC2)C(=O)O)C(N)=O)cc1. The molecule has 81 heavy (non-hydrogen) atoms. The topological polar surface area (TPSA) is 329 Å². The monoisotopic (exact) mass is 1150 g/mol. The number of nitrogens with two attached hydrogens (primary N) is 1. The van der Waals surface area contributed by atoms with Gasteiger partial charge in [-0.2, -0.15) is 0 Å². The van der Waals surface area contributed by atoms with Crippen molar-refractivity contribution in [3.8, 4) is 0 Å². The van der Waals surface area contributed by atoms with E-state index in [1.807, 2.05) is 31.2 Å². The first-order valence-electron chi connectivity index (χ1n) is 29.8. The van der Waals surface area contributed by atoms with Crippen LogP contribution in [0, 0.1) is 18.8 Å². The molecular weight excluding hydrogens is 1050 g/mol. The summed E-state index contributed by atoms with van der Waals surface area (Å²) in [6.07, 6.45) is 22.3. The molecule has 22 heteroatoms. The van der Waals surface area contributed by atoms with Crippen LogP contribution in [0.15, 0.2) is 24.3 Å². The molecule has 460 valence electrons. The number of carboxylic acids is 2. The highest BCUT2D eigenvalue weighted by atomic mass is 16.5. The van der Waals surface area contributed by atoms with Crippen molar-refractivity contribution < 1.29 is 72.3 Å². The fourth-order valence-electron chi connectivity index (χ4n) is 9.24. The van der Waals surface area contributed by atoms with Crippen LogP contribution in [-0.4, -0.2) is 161 Å². The molecule has 22 nitrogen and oxygen atoms in total. The first-order chi connectivity index (χ1) is 39.0. The predicted octanol–water partition coefficient (Wildman–Crippen LogP) is 4.73. The molecule has 1 saturated carbocycles. The van der Waals surface area contributed by atoms with Crippen molar-refractivity contribution >= 4 is 53.2 Å². The van der Waals surface area contributed by atoms with Gasteiger partial charge in [0.25, 0.3) is 0 Å². The van der Waals surface area contributed by atoms with Crippen molar-refractivity contribution in [1.29, 1.82) is 0 Å². The van der Waals surface area contributed by atoms with E-state index in [9.17, 15) is 48.3 Å². The van der Waals surface area contributed by atoms with E-state index in [4.69, 9.17) is 29.8 Å². The van der Waals surface area contributed by atoms with Gasteiger partial charge in [-0.05, 0) is 76.7 Å². The molecule has 0 aliphatic heterocycles. The average molecular weight is 1150 g/mol. The van der Waals surface area contributed by atoms with Gasteiger partial charge in [0.1, 0.15) is 19.3 Å². The number of ketones is 1. The van der Waals surface area contributed by atoms with E-state index in [0.717, 1.165) is 62.5 Å². The van der Waals surface area contributed by atoms with E-state index >= 15 is 0 Å². The Kier molecular flexibility index (Phi) is 40.6. The van der Waals surface area contributed by atoms with Gasteiger partial charge in [0.15, 0.2) is 5.78 Å². The van der Waals surface area contributed by atoms with Crippen LogP contribution in [-0.2, 0) is 68.5 Å². The van der Waals surface area contributed by atoms with E-state index in [1.54, 1.807) is 0 Å². The summed E-state index contributed by atoms with van der Waals surface area (Å²) >= 11 is 0. The predicted molar refractivity (Wildman–Crippen MR) is 306 cm³/mol. The second kappa shape index (κ2) is 46.0. The maximum atomic E-state index is 13.0. The fraction of sp³-hybridized carbons (Fsp3) is 0.746. The zero-order chi connectivity index (χ0) is 59.3. The van der Waals surface area contributed by atoms with Crippen LogP contribution in [0.3, 0.4) is 0 Å². The first kappa shape index (κ1) is 71.6. The van der Waals surface area contributed by atoms with Gasteiger partial charge in [-0.15, -0.1) is 0 Å². The summed E-state index contributed by atoms with van der Waals surface area (Å²) in [5, 5.41) is 34.9. The summed E-state index contributed by atoms with van der Waals surface area (Å²) in [7, 11) is 0. The van der Waals surface area contributed by atoms with Crippen molar-refractivity contribution in [2.24, 2.45) is 17.6 Å². The Hall–Kier alpha value is -5.55. The molecule has 1 aromatic rings. The number of carbonyl (C=O) groups excluding carboxylic acids is 7. The number of amides is 6. The Morgan fingerprint density at radius 3 is 1.56 bits per heavy atom. The number of primary amides is 1. The molecule has 10 N–H and O–H groups in total. The summed E-state index contributed by atoms with van der Waals surface area (Å²) in [6.45, 7) is 4.71. The molecule has 1 fully saturated rings. The lowest BCUT2D eigenvalue weighted by Crippen LogP contribution is -2.49. The molecule has 0 bridgehead atoms. The average Bonchev–Trinajstić information content (AvgIpc) is 3.44. The Morgan fingerprint density at radius 2 is 1.04 bits per heavy atom. The van der Waals surface area contributed by atoms with Crippen molar-refractivity contribution in [3.63, 3.8) is 0 Å². The van der Waals surface area contributed by atoms with Crippen molar-refractivity contribution in [2.45, 2.75) is 192 Å². The highest BCUT2D eigenvalue weighted by Crippen LogP contribution is 2.29. The molecule has 1 aromatic carbocycles. The highest BCUT2D eigenvalue weighted by Gasteiger charge is 2.30. The fourth-order valence-corrected chi connectivity index (χ4v) is 9.24. The number of unbranched alkanes of at least 4 members (excludes halogenated alkanes) is 15. The Balaban J connectivity index is 1.38. The third kappa shape index (κ3) is 38.7. The van der Waals surface area contributed by atoms with Gasteiger partial charge in [-0.3, -0.25) is 43.7 Å². The minimum absolute atomic E-state index is 0.0618. The number of benzene rings is 1. The molecule has 1 aliphatic carbocycles. The summed E-state index contributed by atoms with van der Waals surface area (Å²) in [6, 6.07) is 4.86. The molecule has 3 atom stereocenters. The van der Waals surface area contributed by atoms with E-state index in [0.29, 0.717) is 32.2 Å². The minimum atomic E-state index is -1.21. The molecule has 0 radical (unpaired) electrons. The maximum absolute atomic E-state index is 13.0. The second-order valence-electron chi connectivity index (χ2n) is 21.3. The number of hydrogen-bond acceptors (Lipinski definition) is 14. The molecule has 0 spiro atoms. The van der Waals surface area contributed by atoms with Crippen LogP contribution >= 0.6 is 0 Å². The zero-order valence-electron chi connectivity index (χ0n) is 48.6. The quantitative estimate of drug-likeness (QED) is 0.0398. The van der Waals surface area contributed by atoms with E-state index < -0.39 is 41.9 Å². The third-order valence-corrected chi connectivity index (χ3v) is 14.3. The normalized spacial score (nSPS) is 15.2. The van der Waals surface area contributed by atoms with Crippen LogP contribution < -0.4 is 37.6 Å². The summed E-state index contributed by atoms with van der Waals surface area (Å²) in [5.74, 6) is -4.39. The lowest BCUT2D eigenvalue weighted by atomic mass is 9.81. The molecule has 2 rings (SSSR count). The molecule has 0 saturated heterocycles. The Labute approximate surface area is 480 Å². The second-order valence-corrected chi connectivity index (χ2v) is 21.3. The van der Waals surface area contributed by atoms with E-state index in [-0.39, 0.29) is 133 Å². The smallest absolute Gasteiger partial charge is 0.326 e. The van der Waals surface area contributed by atoms with Gasteiger partial charge in [-0.1, -0.05) is 120 Å². The Bertz CT molecular complexity index is 1970. The molecular formula is C59H99N7O15. The molecule has 6 amide bonds. The number of carboxylic acid groups (broad SMARTS) is 2. The number of aliphatic carboxylic acids is 2. The molecule has 0 aromatic heterocycles. The van der Waals surface area contributed by atoms with E-state index in [1.165, 1.54) is 71.1 Å².